The van der Waals surface area contributed by atoms with E-state index in [-0.39, 0.29) is 46.1 Å². The first-order valence-corrected chi connectivity index (χ1v) is 13.5. The van der Waals surface area contributed by atoms with Crippen LogP contribution in [0.25, 0.3) is 0 Å². The minimum absolute atomic E-state index is 0.0719. The van der Waals surface area contributed by atoms with Crippen LogP contribution in [0.2, 0.25) is 10.0 Å². The molecular formula is C24H23Cl2F3N6O5S. The molecule has 0 aliphatic heterocycles. The van der Waals surface area contributed by atoms with Crippen molar-refractivity contribution < 1.29 is 37.0 Å². The summed E-state index contributed by atoms with van der Waals surface area (Å²) in [5.41, 5.74) is 6.18. The Labute approximate surface area is 245 Å². The molecular weight excluding hydrogens is 612 g/mol. The number of carbonyl (C=O) groups excluding carboxylic acids is 3. The number of halogens is 5. The van der Waals surface area contributed by atoms with Gasteiger partial charge < -0.3 is 20.5 Å². The predicted molar refractivity (Wildman–Crippen MR) is 141 cm³/mol. The first-order valence-electron chi connectivity index (χ1n) is 11.9. The summed E-state index contributed by atoms with van der Waals surface area (Å²) in [6, 6.07) is 11.7. The van der Waals surface area contributed by atoms with Crippen molar-refractivity contribution in [3.63, 3.8) is 0 Å². The van der Waals surface area contributed by atoms with Gasteiger partial charge in [-0.25, -0.2) is 9.59 Å². The van der Waals surface area contributed by atoms with Crippen molar-refractivity contribution in [1.29, 1.82) is 0 Å². The molecule has 0 radical (unpaired) electrons. The van der Waals surface area contributed by atoms with E-state index in [0.717, 1.165) is 0 Å². The zero-order valence-electron chi connectivity index (χ0n) is 21.0. The Kier molecular flexibility index (Phi) is 11.8. The third-order valence-corrected chi connectivity index (χ3v) is 7.24. The highest BCUT2D eigenvalue weighted by Crippen LogP contribution is 2.38. The minimum atomic E-state index is -5.46. The van der Waals surface area contributed by atoms with E-state index in [1.807, 2.05) is 0 Å². The van der Waals surface area contributed by atoms with Crippen LogP contribution in [0.5, 0.6) is 0 Å². The molecule has 0 spiro atoms. The number of hydrogen-bond donors (Lipinski definition) is 2. The zero-order valence-corrected chi connectivity index (χ0v) is 23.3. The first-order chi connectivity index (χ1) is 19.5. The molecule has 17 heteroatoms. The Balaban J connectivity index is 1.91. The van der Waals surface area contributed by atoms with Crippen LogP contribution in [0.4, 0.5) is 18.0 Å². The number of nitrogens with two attached hydrogens (primary N) is 1. The third kappa shape index (κ3) is 9.31. The number of nitrogens with one attached hydrogen (secondary N) is 1. The molecule has 3 N–H and O–H groups in total. The Morgan fingerprint density at radius 2 is 1.73 bits per heavy atom. The number of alkyl halides is 3. The summed E-state index contributed by atoms with van der Waals surface area (Å²) in [5.74, 6) is -3.83. The van der Waals surface area contributed by atoms with Crippen LogP contribution in [0.15, 0.2) is 58.6 Å². The van der Waals surface area contributed by atoms with Crippen LogP contribution in [-0.2, 0) is 25.7 Å². The number of hydrogen-bond acceptors (Lipinski definition) is 10. The Morgan fingerprint density at radius 1 is 1.05 bits per heavy atom. The van der Waals surface area contributed by atoms with Crippen LogP contribution in [0.1, 0.15) is 31.1 Å². The van der Waals surface area contributed by atoms with E-state index in [0.29, 0.717) is 28.4 Å². The van der Waals surface area contributed by atoms with Gasteiger partial charge >= 0.3 is 18.2 Å². The molecule has 2 aromatic carbocycles. The van der Waals surface area contributed by atoms with Crippen molar-refractivity contribution >= 4 is 52.8 Å². The van der Waals surface area contributed by atoms with Crippen LogP contribution >= 0.6 is 35.0 Å². The molecule has 0 aliphatic rings. The summed E-state index contributed by atoms with van der Waals surface area (Å²) < 4.78 is 49.9. The first kappa shape index (κ1) is 32.1. The van der Waals surface area contributed by atoms with Crippen molar-refractivity contribution in [1.82, 2.24) is 25.5 Å². The van der Waals surface area contributed by atoms with Crippen LogP contribution < -0.4 is 11.1 Å². The number of rotatable bonds is 13. The van der Waals surface area contributed by atoms with Gasteiger partial charge in [0.15, 0.2) is 0 Å². The number of alkyl carbamates (subject to hydrolysis) is 1. The number of Topliss-reactive ketones (excluding diaryl/α,β-unsaturated/α-hetero) is 1. The summed E-state index contributed by atoms with van der Waals surface area (Å²) in [6.07, 6.45) is -8.18. The fourth-order valence-electron chi connectivity index (χ4n) is 3.33. The second kappa shape index (κ2) is 15.0. The van der Waals surface area contributed by atoms with Crippen LogP contribution in [0.3, 0.4) is 0 Å². The second-order valence-electron chi connectivity index (χ2n) is 8.26. The van der Waals surface area contributed by atoms with Crippen LogP contribution in [-0.4, -0.2) is 56.8 Å². The highest BCUT2D eigenvalue weighted by molar-refractivity contribution is 7.99. The topological polar surface area (TPSA) is 151 Å². The second-order valence-corrected chi connectivity index (χ2v) is 10.1. The van der Waals surface area contributed by atoms with Gasteiger partial charge in [0.25, 0.3) is 6.23 Å². The smallest absolute Gasteiger partial charge is 0.445 e. The van der Waals surface area contributed by atoms with Crippen LogP contribution in [0, 0.1) is 0 Å². The lowest BCUT2D eigenvalue weighted by Gasteiger charge is -2.24. The van der Waals surface area contributed by atoms with Gasteiger partial charge in [-0.05, 0) is 65.7 Å². The Bertz CT molecular complexity index is 1330. The zero-order chi connectivity index (χ0) is 30.0. The molecule has 3 aromatic rings. The number of ether oxygens (including phenoxy) is 2. The van der Waals surface area contributed by atoms with Crippen molar-refractivity contribution in [3.05, 3.63) is 64.1 Å². The highest BCUT2D eigenvalue weighted by Gasteiger charge is 2.45. The van der Waals surface area contributed by atoms with Gasteiger partial charge in [0.2, 0.25) is 10.9 Å². The molecule has 0 fully saturated rings. The van der Waals surface area contributed by atoms with Gasteiger partial charge in [-0.2, -0.15) is 17.9 Å². The maximum absolute atomic E-state index is 13.6. The predicted octanol–water partition coefficient (Wildman–Crippen LogP) is 4.73. The number of amides is 1. The summed E-state index contributed by atoms with van der Waals surface area (Å²) >= 11 is 13.1. The molecule has 0 saturated heterocycles. The van der Waals surface area contributed by atoms with E-state index in [2.05, 4.69) is 25.6 Å². The number of unbranched alkanes of at least 4 members (excludes halogenated alkanes) is 1. The van der Waals surface area contributed by atoms with Gasteiger partial charge in [-0.15, -0.1) is 5.10 Å². The van der Waals surface area contributed by atoms with Crippen molar-refractivity contribution in [2.75, 3.05) is 6.54 Å². The fraction of sp³-hybridized carbons (Fsp3) is 0.333. The number of ketones is 1. The van der Waals surface area contributed by atoms with Crippen molar-refractivity contribution in [3.8, 4) is 0 Å². The average molecular weight is 635 g/mol. The van der Waals surface area contributed by atoms with E-state index in [9.17, 15) is 27.6 Å². The molecule has 3 rings (SSSR count). The molecule has 41 heavy (non-hydrogen) atoms. The summed E-state index contributed by atoms with van der Waals surface area (Å²) in [7, 11) is 0. The number of tetrazole rings is 1. The average Bonchev–Trinajstić information content (AvgIpc) is 3.39. The molecule has 2 atom stereocenters. The lowest BCUT2D eigenvalue weighted by Crippen LogP contribution is -2.46. The van der Waals surface area contributed by atoms with E-state index in [4.69, 9.17) is 33.7 Å². The number of nitrogens with zero attached hydrogens (tertiary/aromatic N) is 4. The van der Waals surface area contributed by atoms with Gasteiger partial charge in [0, 0.05) is 0 Å². The third-order valence-electron chi connectivity index (χ3n) is 5.29. The van der Waals surface area contributed by atoms with Gasteiger partial charge in [-0.1, -0.05) is 59.6 Å². The molecule has 1 amide bonds. The van der Waals surface area contributed by atoms with E-state index in [1.54, 1.807) is 36.4 Å². The highest BCUT2D eigenvalue weighted by atomic mass is 35.5. The fourth-order valence-corrected chi connectivity index (χ4v) is 4.77. The van der Waals surface area contributed by atoms with Crippen molar-refractivity contribution in [2.45, 2.75) is 54.4 Å². The van der Waals surface area contributed by atoms with E-state index >= 15 is 0 Å². The largest absolute Gasteiger partial charge is 0.491 e. The van der Waals surface area contributed by atoms with E-state index in [1.165, 1.54) is 12.1 Å². The molecule has 1 aromatic heterocycles. The maximum atomic E-state index is 13.6. The van der Waals surface area contributed by atoms with Gasteiger partial charge in [-0.3, -0.25) is 4.79 Å². The summed E-state index contributed by atoms with van der Waals surface area (Å²) in [5, 5.41) is 13.1. The molecule has 0 saturated carbocycles. The Morgan fingerprint density at radius 3 is 2.37 bits per heavy atom. The number of benzene rings is 2. The monoisotopic (exact) mass is 634 g/mol. The lowest BCUT2D eigenvalue weighted by atomic mass is 10.0. The van der Waals surface area contributed by atoms with E-state index < -0.39 is 36.3 Å². The molecule has 0 aliphatic carbocycles. The summed E-state index contributed by atoms with van der Waals surface area (Å²) in [4.78, 5) is 38.3. The number of aromatic nitrogens is 4. The SMILES string of the molecule is NCCCCC(NC(=O)OCc1ccccc1)C(=O)C(OC(=O)C(F)(F)F)n1nnnc1Sc1c(Cl)cccc1Cl. The molecule has 220 valence electrons. The standard InChI is InChI=1S/C24H23Cl2F3N6O5S/c25-15-9-6-10-16(26)19(15)41-22-32-33-34-35(22)20(40-21(37)24(27,28)29)18(36)17(11-4-5-12-30)31-23(38)39-13-14-7-2-1-3-8-14/h1-3,6-10,17,20H,4-5,11-13,30H2,(H,31,38). The van der Waals surface area contributed by atoms with Gasteiger partial charge in [0.05, 0.1) is 21.0 Å². The van der Waals surface area contributed by atoms with Gasteiger partial charge in [0.1, 0.15) is 6.61 Å². The quantitative estimate of drug-likeness (QED) is 0.199. The molecule has 0 bridgehead atoms. The lowest BCUT2D eigenvalue weighted by molar-refractivity contribution is -0.210. The molecule has 2 unspecified atom stereocenters. The maximum Gasteiger partial charge on any atom is 0.491 e. The van der Waals surface area contributed by atoms with Crippen molar-refractivity contribution in [2.24, 2.45) is 5.73 Å². The Hall–Kier alpha value is -3.40. The number of carbonyl (C=O) groups is 3. The molecule has 1 heterocycles. The summed E-state index contributed by atoms with van der Waals surface area (Å²) in [6.45, 7) is 0.105. The minimum Gasteiger partial charge on any atom is -0.445 e. The number of esters is 1. The molecule has 11 nitrogen and oxygen atoms in total. The normalized spacial score (nSPS) is 12.8.